The summed E-state index contributed by atoms with van der Waals surface area (Å²) in [6.07, 6.45) is 5.94. The second-order valence-corrected chi connectivity index (χ2v) is 9.87. The van der Waals surface area contributed by atoms with Crippen LogP contribution in [0, 0.1) is 0 Å². The van der Waals surface area contributed by atoms with Crippen LogP contribution in [0.25, 0.3) is 0 Å². The van der Waals surface area contributed by atoms with Crippen LogP contribution >= 0.6 is 0 Å². The number of sulfone groups is 1. The molecular formula is C19H33N3O5S. The lowest BCUT2D eigenvalue weighted by molar-refractivity contribution is -0.0964. The van der Waals surface area contributed by atoms with Crippen LogP contribution in [0.3, 0.4) is 0 Å². The van der Waals surface area contributed by atoms with E-state index >= 15 is 0 Å². The first-order valence-electron chi connectivity index (χ1n) is 10.2. The zero-order chi connectivity index (χ0) is 20.0. The highest BCUT2D eigenvalue weighted by molar-refractivity contribution is 7.91. The average molecular weight is 416 g/mol. The second-order valence-electron chi connectivity index (χ2n) is 7.75. The van der Waals surface area contributed by atoms with E-state index in [1.54, 1.807) is 13.3 Å². The number of imidazole rings is 1. The third-order valence-corrected chi connectivity index (χ3v) is 7.64. The molecule has 0 aromatic carbocycles. The normalized spacial score (nSPS) is 21.6. The van der Waals surface area contributed by atoms with Gasteiger partial charge in [-0.1, -0.05) is 12.8 Å². The molecule has 28 heavy (non-hydrogen) atoms. The van der Waals surface area contributed by atoms with Crippen LogP contribution in [0.15, 0.2) is 11.4 Å². The van der Waals surface area contributed by atoms with Crippen LogP contribution in [0.5, 0.6) is 0 Å². The van der Waals surface area contributed by atoms with Gasteiger partial charge in [0, 0.05) is 33.4 Å². The zero-order valence-corrected chi connectivity index (χ0v) is 17.8. The molecule has 1 saturated heterocycles. The number of hydrogen-bond donors (Lipinski definition) is 0. The van der Waals surface area contributed by atoms with Crippen LogP contribution in [0.2, 0.25) is 0 Å². The summed E-state index contributed by atoms with van der Waals surface area (Å²) in [5.41, 5.74) is 0.909. The van der Waals surface area contributed by atoms with Gasteiger partial charge in [0.2, 0.25) is 15.0 Å². The van der Waals surface area contributed by atoms with Crippen molar-refractivity contribution in [1.29, 1.82) is 0 Å². The molecule has 1 atom stereocenters. The van der Waals surface area contributed by atoms with Crippen LogP contribution in [-0.4, -0.2) is 81.4 Å². The van der Waals surface area contributed by atoms with Gasteiger partial charge >= 0.3 is 0 Å². The summed E-state index contributed by atoms with van der Waals surface area (Å²) >= 11 is 0. The number of aromatic nitrogens is 2. The van der Waals surface area contributed by atoms with Crippen molar-refractivity contribution in [3.63, 3.8) is 0 Å². The highest BCUT2D eigenvalue weighted by Crippen LogP contribution is 2.29. The van der Waals surface area contributed by atoms with Crippen molar-refractivity contribution in [1.82, 2.24) is 14.5 Å². The van der Waals surface area contributed by atoms with Crippen molar-refractivity contribution in [3.05, 3.63) is 11.9 Å². The Hall–Kier alpha value is -1.000. The Morgan fingerprint density at radius 1 is 1.32 bits per heavy atom. The lowest BCUT2D eigenvalue weighted by Gasteiger charge is -2.27. The maximum absolute atomic E-state index is 13.1. The molecule has 1 aromatic heterocycles. The highest BCUT2D eigenvalue weighted by atomic mass is 32.2. The van der Waals surface area contributed by atoms with Gasteiger partial charge in [-0.05, 0) is 26.3 Å². The van der Waals surface area contributed by atoms with Crippen molar-refractivity contribution in [3.8, 4) is 0 Å². The summed E-state index contributed by atoms with van der Waals surface area (Å²) in [7, 11) is 0.266. The SMILES string of the molecule is COCCCn1c(CN(C)C[C@@H]2COCCO2)cnc1S(=O)(=O)C1CCCC1. The van der Waals surface area contributed by atoms with Gasteiger partial charge in [-0.3, -0.25) is 4.90 Å². The van der Waals surface area contributed by atoms with Crippen LogP contribution < -0.4 is 0 Å². The Bertz CT molecular complexity index is 709. The van der Waals surface area contributed by atoms with Gasteiger partial charge in [0.15, 0.2) is 0 Å². The molecule has 9 heteroatoms. The van der Waals surface area contributed by atoms with E-state index in [0.717, 1.165) is 44.3 Å². The number of methoxy groups -OCH3 is 1. The van der Waals surface area contributed by atoms with Gasteiger partial charge in [0.25, 0.3) is 0 Å². The van der Waals surface area contributed by atoms with Gasteiger partial charge < -0.3 is 18.8 Å². The fourth-order valence-corrected chi connectivity index (χ4v) is 6.00. The number of nitrogens with zero attached hydrogens (tertiary/aromatic N) is 3. The predicted molar refractivity (Wildman–Crippen MR) is 105 cm³/mol. The molecule has 2 fully saturated rings. The minimum atomic E-state index is -3.40. The monoisotopic (exact) mass is 415 g/mol. The summed E-state index contributed by atoms with van der Waals surface area (Å²) in [6, 6.07) is 0. The predicted octanol–water partition coefficient (Wildman–Crippen LogP) is 1.48. The summed E-state index contributed by atoms with van der Waals surface area (Å²) in [6.45, 7) is 4.38. The van der Waals surface area contributed by atoms with Crippen molar-refractivity contribution >= 4 is 9.84 Å². The highest BCUT2D eigenvalue weighted by Gasteiger charge is 2.34. The van der Waals surface area contributed by atoms with E-state index in [1.807, 2.05) is 11.6 Å². The van der Waals surface area contributed by atoms with Gasteiger partial charge in [-0.2, -0.15) is 0 Å². The molecule has 2 heterocycles. The molecule has 0 radical (unpaired) electrons. The summed E-state index contributed by atoms with van der Waals surface area (Å²) < 4.78 is 44.5. The molecule has 1 aliphatic carbocycles. The Balaban J connectivity index is 1.74. The van der Waals surface area contributed by atoms with Crippen molar-refractivity contribution in [2.24, 2.45) is 0 Å². The molecule has 3 rings (SSSR count). The van der Waals surface area contributed by atoms with E-state index in [4.69, 9.17) is 14.2 Å². The molecule has 0 amide bonds. The largest absolute Gasteiger partial charge is 0.385 e. The molecule has 1 aromatic rings. The molecule has 2 aliphatic rings. The topological polar surface area (TPSA) is 82.9 Å². The van der Waals surface area contributed by atoms with E-state index in [9.17, 15) is 8.42 Å². The van der Waals surface area contributed by atoms with E-state index in [0.29, 0.717) is 39.5 Å². The summed E-state index contributed by atoms with van der Waals surface area (Å²) in [5, 5.41) is -0.0782. The van der Waals surface area contributed by atoms with Crippen molar-refractivity contribution < 1.29 is 22.6 Å². The Kier molecular flexibility index (Phi) is 7.87. The molecule has 1 saturated carbocycles. The molecule has 1 aliphatic heterocycles. The van der Waals surface area contributed by atoms with Crippen LogP contribution in [-0.2, 0) is 37.1 Å². The van der Waals surface area contributed by atoms with E-state index < -0.39 is 9.84 Å². The van der Waals surface area contributed by atoms with Crippen LogP contribution in [0.1, 0.15) is 37.8 Å². The second kappa shape index (κ2) is 10.2. The van der Waals surface area contributed by atoms with Gasteiger partial charge in [0.1, 0.15) is 0 Å². The first-order valence-corrected chi connectivity index (χ1v) is 11.7. The lowest BCUT2D eigenvalue weighted by atomic mass is 10.3. The van der Waals surface area contributed by atoms with E-state index in [2.05, 4.69) is 9.88 Å². The van der Waals surface area contributed by atoms with Gasteiger partial charge in [-0.15, -0.1) is 0 Å². The molecule has 0 unspecified atom stereocenters. The third-order valence-electron chi connectivity index (χ3n) is 5.46. The number of hydrogen-bond acceptors (Lipinski definition) is 7. The maximum atomic E-state index is 13.1. The minimum absolute atomic E-state index is 0.0466. The smallest absolute Gasteiger partial charge is 0.228 e. The average Bonchev–Trinajstić information content (AvgIpc) is 3.34. The van der Waals surface area contributed by atoms with Crippen molar-refractivity contribution in [2.45, 2.75) is 61.7 Å². The minimum Gasteiger partial charge on any atom is -0.385 e. The first-order chi connectivity index (χ1) is 13.5. The lowest BCUT2D eigenvalue weighted by Crippen LogP contribution is -2.38. The van der Waals surface area contributed by atoms with Gasteiger partial charge in [0.05, 0.1) is 43.1 Å². The fraction of sp³-hybridized carbons (Fsp3) is 0.842. The van der Waals surface area contributed by atoms with Crippen LogP contribution in [0.4, 0.5) is 0 Å². The first kappa shape index (κ1) is 21.7. The Morgan fingerprint density at radius 2 is 2.11 bits per heavy atom. The Labute approximate surface area is 168 Å². The quantitative estimate of drug-likeness (QED) is 0.535. The van der Waals surface area contributed by atoms with E-state index in [-0.39, 0.29) is 16.5 Å². The summed E-state index contributed by atoms with van der Waals surface area (Å²) in [4.78, 5) is 6.50. The van der Waals surface area contributed by atoms with Gasteiger partial charge in [-0.25, -0.2) is 13.4 Å². The van der Waals surface area contributed by atoms with Crippen molar-refractivity contribution in [2.75, 3.05) is 47.1 Å². The number of likely N-dealkylation sites (N-methyl/N-ethyl adjacent to an activating group) is 1. The fourth-order valence-electron chi connectivity index (χ4n) is 4.03. The zero-order valence-electron chi connectivity index (χ0n) is 17.0. The maximum Gasteiger partial charge on any atom is 0.228 e. The molecule has 0 bridgehead atoms. The Morgan fingerprint density at radius 3 is 2.79 bits per heavy atom. The molecule has 160 valence electrons. The van der Waals surface area contributed by atoms with E-state index in [1.165, 1.54) is 0 Å². The molecule has 8 nitrogen and oxygen atoms in total. The standard InChI is InChI=1S/C19H33N3O5S/c1-21(14-17-15-26-10-11-27-17)13-16-12-20-19(22(16)8-5-9-25-2)28(23,24)18-6-3-4-7-18/h12,17-18H,3-11,13-15H2,1-2H3/t17-/m1/s1. The number of ether oxygens (including phenoxy) is 3. The summed E-state index contributed by atoms with van der Waals surface area (Å²) in [5.74, 6) is 0. The third kappa shape index (κ3) is 5.33. The molecular weight excluding hydrogens is 382 g/mol. The number of rotatable bonds is 10. The molecule has 0 N–H and O–H groups in total. The molecule has 0 spiro atoms.